The molecule has 0 aromatic heterocycles. The summed E-state index contributed by atoms with van der Waals surface area (Å²) in [7, 11) is 0. The van der Waals surface area contributed by atoms with Crippen molar-refractivity contribution in [2.24, 2.45) is 0 Å². The molecule has 0 N–H and O–H groups in total. The van der Waals surface area contributed by atoms with E-state index < -0.39 is 0 Å². The zero-order valence-electron chi connectivity index (χ0n) is 8.97. The summed E-state index contributed by atoms with van der Waals surface area (Å²) in [5.41, 5.74) is 3.99. The molecule has 1 aromatic carbocycles. The van der Waals surface area contributed by atoms with E-state index in [0.29, 0.717) is 11.1 Å². The van der Waals surface area contributed by atoms with Crippen molar-refractivity contribution < 1.29 is 9.59 Å². The molecule has 0 aliphatic carbocycles. The predicted molar refractivity (Wildman–Crippen MR) is 56.0 cm³/mol. The van der Waals surface area contributed by atoms with Crippen LogP contribution in [0.4, 0.5) is 0 Å². The minimum absolute atomic E-state index is 0.0168. The number of carbonyl (C=O) groups excluding carboxylic acids is 2. The monoisotopic (exact) mass is 190 g/mol. The van der Waals surface area contributed by atoms with Gasteiger partial charge in [0, 0.05) is 11.1 Å². The summed E-state index contributed by atoms with van der Waals surface area (Å²) in [6.07, 6.45) is 0.816. The molecule has 0 aliphatic heterocycles. The van der Waals surface area contributed by atoms with Gasteiger partial charge in [0.05, 0.1) is 0 Å². The summed E-state index contributed by atoms with van der Waals surface area (Å²) in [4.78, 5) is 22.2. The highest BCUT2D eigenvalue weighted by atomic mass is 16.1. The standard InChI is InChI=1S/C12H14O2/c1-7-5-8(2)12(10(4)14)9(3)11(7)6-13/h5-6H,1-4H3. The van der Waals surface area contributed by atoms with E-state index in [0.717, 1.165) is 23.0 Å². The predicted octanol–water partition coefficient (Wildman–Crippen LogP) is 2.63. The number of carbonyl (C=O) groups is 2. The van der Waals surface area contributed by atoms with E-state index in [2.05, 4.69) is 0 Å². The maximum atomic E-state index is 11.4. The molecular weight excluding hydrogens is 176 g/mol. The topological polar surface area (TPSA) is 34.1 Å². The van der Waals surface area contributed by atoms with Crippen molar-refractivity contribution in [3.63, 3.8) is 0 Å². The molecule has 14 heavy (non-hydrogen) atoms. The van der Waals surface area contributed by atoms with Crippen LogP contribution in [0.1, 0.15) is 44.3 Å². The Bertz CT molecular complexity index is 403. The fourth-order valence-electron chi connectivity index (χ4n) is 1.92. The Morgan fingerprint density at radius 3 is 2.21 bits per heavy atom. The molecule has 2 nitrogen and oxygen atoms in total. The number of aldehydes is 1. The third-order valence-corrected chi connectivity index (χ3v) is 2.50. The summed E-state index contributed by atoms with van der Waals surface area (Å²) in [5.74, 6) is 0.0168. The molecule has 0 heterocycles. The lowest BCUT2D eigenvalue weighted by atomic mass is 9.92. The number of rotatable bonds is 2. The van der Waals surface area contributed by atoms with E-state index in [1.807, 2.05) is 26.8 Å². The van der Waals surface area contributed by atoms with Crippen molar-refractivity contribution in [3.05, 3.63) is 33.9 Å². The van der Waals surface area contributed by atoms with Gasteiger partial charge < -0.3 is 0 Å². The van der Waals surface area contributed by atoms with Gasteiger partial charge in [0.15, 0.2) is 12.1 Å². The Hall–Kier alpha value is -1.44. The number of ketones is 1. The molecule has 0 bridgehead atoms. The minimum Gasteiger partial charge on any atom is -0.298 e. The molecule has 0 spiro atoms. The van der Waals surface area contributed by atoms with Crippen LogP contribution < -0.4 is 0 Å². The van der Waals surface area contributed by atoms with Crippen LogP contribution >= 0.6 is 0 Å². The van der Waals surface area contributed by atoms with Gasteiger partial charge in [-0.05, 0) is 44.4 Å². The summed E-state index contributed by atoms with van der Waals surface area (Å²) >= 11 is 0. The molecule has 1 aromatic rings. The van der Waals surface area contributed by atoms with Crippen LogP contribution in [0.25, 0.3) is 0 Å². The average Bonchev–Trinajstić information content (AvgIpc) is 2.02. The molecule has 0 saturated carbocycles. The van der Waals surface area contributed by atoms with Crippen LogP contribution in [-0.2, 0) is 0 Å². The van der Waals surface area contributed by atoms with Crippen LogP contribution in [0.15, 0.2) is 6.07 Å². The highest BCUT2D eigenvalue weighted by molar-refractivity contribution is 5.99. The van der Waals surface area contributed by atoms with E-state index in [1.54, 1.807) is 0 Å². The van der Waals surface area contributed by atoms with E-state index in [4.69, 9.17) is 0 Å². The molecule has 0 atom stereocenters. The quantitative estimate of drug-likeness (QED) is 0.530. The third kappa shape index (κ3) is 1.60. The highest BCUT2D eigenvalue weighted by Crippen LogP contribution is 2.21. The van der Waals surface area contributed by atoms with Gasteiger partial charge in [-0.2, -0.15) is 0 Å². The summed E-state index contributed by atoms with van der Waals surface area (Å²) in [5, 5.41) is 0. The van der Waals surface area contributed by atoms with Crippen LogP contribution in [0, 0.1) is 20.8 Å². The molecule has 0 radical (unpaired) electrons. The van der Waals surface area contributed by atoms with E-state index >= 15 is 0 Å². The fourth-order valence-corrected chi connectivity index (χ4v) is 1.92. The van der Waals surface area contributed by atoms with Gasteiger partial charge in [0.2, 0.25) is 0 Å². The number of hydrogen-bond donors (Lipinski definition) is 0. The van der Waals surface area contributed by atoms with E-state index in [-0.39, 0.29) is 5.78 Å². The number of hydrogen-bond acceptors (Lipinski definition) is 2. The third-order valence-electron chi connectivity index (χ3n) is 2.50. The van der Waals surface area contributed by atoms with Crippen LogP contribution in [0.2, 0.25) is 0 Å². The van der Waals surface area contributed by atoms with Crippen molar-refractivity contribution in [1.82, 2.24) is 0 Å². The van der Waals surface area contributed by atoms with E-state index in [1.165, 1.54) is 6.92 Å². The second kappa shape index (κ2) is 3.74. The smallest absolute Gasteiger partial charge is 0.160 e. The Balaban J connectivity index is 3.60. The summed E-state index contributed by atoms with van der Waals surface area (Å²) in [6, 6.07) is 1.88. The highest BCUT2D eigenvalue weighted by Gasteiger charge is 2.13. The Kier molecular flexibility index (Phi) is 2.84. The van der Waals surface area contributed by atoms with Gasteiger partial charge in [-0.25, -0.2) is 0 Å². The van der Waals surface area contributed by atoms with Gasteiger partial charge in [0.1, 0.15) is 0 Å². The molecule has 1 rings (SSSR count). The SMILES string of the molecule is CC(=O)c1c(C)cc(C)c(C=O)c1C. The molecule has 74 valence electrons. The normalized spacial score (nSPS) is 10.0. The Morgan fingerprint density at radius 2 is 1.79 bits per heavy atom. The first-order valence-electron chi connectivity index (χ1n) is 4.56. The first-order chi connectivity index (χ1) is 6.49. The second-order valence-electron chi connectivity index (χ2n) is 3.60. The number of aryl methyl sites for hydroxylation is 2. The van der Waals surface area contributed by atoms with Gasteiger partial charge in [-0.1, -0.05) is 6.07 Å². The van der Waals surface area contributed by atoms with Gasteiger partial charge in [0.25, 0.3) is 0 Å². The van der Waals surface area contributed by atoms with Crippen LogP contribution in [0.5, 0.6) is 0 Å². The number of Topliss-reactive ketones (excluding diaryl/α,β-unsaturated/α-hetero) is 1. The van der Waals surface area contributed by atoms with Crippen molar-refractivity contribution in [2.45, 2.75) is 27.7 Å². The number of benzene rings is 1. The van der Waals surface area contributed by atoms with Crippen molar-refractivity contribution in [3.8, 4) is 0 Å². The maximum absolute atomic E-state index is 11.4. The molecular formula is C12H14O2. The molecule has 2 heteroatoms. The molecule has 0 amide bonds. The summed E-state index contributed by atoms with van der Waals surface area (Å²) in [6.45, 7) is 7.12. The maximum Gasteiger partial charge on any atom is 0.160 e. The lowest BCUT2D eigenvalue weighted by Gasteiger charge is -2.11. The summed E-state index contributed by atoms with van der Waals surface area (Å²) < 4.78 is 0. The molecule has 0 aliphatic rings. The lowest BCUT2D eigenvalue weighted by molar-refractivity contribution is 0.101. The second-order valence-corrected chi connectivity index (χ2v) is 3.60. The molecule has 0 unspecified atom stereocenters. The first kappa shape index (κ1) is 10.6. The first-order valence-corrected chi connectivity index (χ1v) is 4.56. The van der Waals surface area contributed by atoms with Crippen molar-refractivity contribution >= 4 is 12.1 Å². The fraction of sp³-hybridized carbons (Fsp3) is 0.333. The zero-order valence-corrected chi connectivity index (χ0v) is 8.97. The Morgan fingerprint density at radius 1 is 1.21 bits per heavy atom. The largest absolute Gasteiger partial charge is 0.298 e. The van der Waals surface area contributed by atoms with Gasteiger partial charge in [-0.15, -0.1) is 0 Å². The lowest BCUT2D eigenvalue weighted by Crippen LogP contribution is -2.05. The zero-order chi connectivity index (χ0) is 10.9. The Labute approximate surface area is 83.9 Å². The van der Waals surface area contributed by atoms with Gasteiger partial charge in [-0.3, -0.25) is 9.59 Å². The van der Waals surface area contributed by atoms with Crippen LogP contribution in [-0.4, -0.2) is 12.1 Å². The van der Waals surface area contributed by atoms with Gasteiger partial charge >= 0.3 is 0 Å². The van der Waals surface area contributed by atoms with Crippen molar-refractivity contribution in [1.29, 1.82) is 0 Å². The molecule has 0 saturated heterocycles. The van der Waals surface area contributed by atoms with E-state index in [9.17, 15) is 9.59 Å². The molecule has 0 fully saturated rings. The average molecular weight is 190 g/mol. The van der Waals surface area contributed by atoms with Crippen LogP contribution in [0.3, 0.4) is 0 Å². The minimum atomic E-state index is 0.0168. The van der Waals surface area contributed by atoms with Crippen molar-refractivity contribution in [2.75, 3.05) is 0 Å².